The monoisotopic (exact) mass is 182 g/mol. The summed E-state index contributed by atoms with van der Waals surface area (Å²) in [5.74, 6) is 0.833. The number of piperidine rings is 1. The molecule has 0 spiro atoms. The van der Waals surface area contributed by atoms with Gasteiger partial charge in [-0.15, -0.1) is 0 Å². The SMILES string of the molecule is CCC/C=C/NC[C@@H]1CCCNC1. The molecule has 1 aliphatic rings. The minimum atomic E-state index is 0.833. The van der Waals surface area contributed by atoms with Crippen LogP contribution in [-0.4, -0.2) is 19.6 Å². The summed E-state index contributed by atoms with van der Waals surface area (Å²) in [6.07, 6.45) is 9.47. The van der Waals surface area contributed by atoms with Gasteiger partial charge >= 0.3 is 0 Å². The Bertz CT molecular complexity index is 137. The highest BCUT2D eigenvalue weighted by Crippen LogP contribution is 2.07. The molecule has 0 amide bonds. The van der Waals surface area contributed by atoms with Gasteiger partial charge in [0.2, 0.25) is 0 Å². The fraction of sp³-hybridized carbons (Fsp3) is 0.818. The summed E-state index contributed by atoms with van der Waals surface area (Å²) in [6.45, 7) is 5.74. The molecule has 0 bridgehead atoms. The molecule has 1 saturated heterocycles. The van der Waals surface area contributed by atoms with Gasteiger partial charge in [0.05, 0.1) is 0 Å². The van der Waals surface area contributed by atoms with Crippen LogP contribution in [0.4, 0.5) is 0 Å². The summed E-state index contributed by atoms with van der Waals surface area (Å²) in [4.78, 5) is 0. The molecular weight excluding hydrogens is 160 g/mol. The summed E-state index contributed by atoms with van der Waals surface area (Å²) in [5.41, 5.74) is 0. The standard InChI is InChI=1S/C11H22N2/c1-2-3-4-7-12-9-11-6-5-8-13-10-11/h4,7,11-13H,2-3,5-6,8-10H2,1H3/b7-4+/t11-/m0/s1. The van der Waals surface area contributed by atoms with E-state index in [1.807, 2.05) is 0 Å². The molecule has 1 rings (SSSR count). The van der Waals surface area contributed by atoms with E-state index in [1.165, 1.54) is 38.8 Å². The maximum atomic E-state index is 3.42. The number of unbranched alkanes of at least 4 members (excludes halogenated alkanes) is 1. The van der Waals surface area contributed by atoms with Crippen LogP contribution in [0.3, 0.4) is 0 Å². The van der Waals surface area contributed by atoms with Crippen LogP contribution in [0.2, 0.25) is 0 Å². The van der Waals surface area contributed by atoms with Crippen molar-refractivity contribution in [3.05, 3.63) is 12.3 Å². The van der Waals surface area contributed by atoms with Gasteiger partial charge in [0.25, 0.3) is 0 Å². The lowest BCUT2D eigenvalue weighted by atomic mass is 10.00. The van der Waals surface area contributed by atoms with Gasteiger partial charge in [-0.1, -0.05) is 19.4 Å². The fourth-order valence-corrected chi connectivity index (χ4v) is 1.67. The third-order valence-corrected chi connectivity index (χ3v) is 2.50. The zero-order valence-electron chi connectivity index (χ0n) is 8.68. The Morgan fingerprint density at radius 2 is 2.46 bits per heavy atom. The second kappa shape index (κ2) is 6.96. The van der Waals surface area contributed by atoms with Crippen LogP contribution in [0.25, 0.3) is 0 Å². The average Bonchev–Trinajstić information content (AvgIpc) is 2.19. The first kappa shape index (κ1) is 10.6. The molecule has 1 aliphatic heterocycles. The predicted octanol–water partition coefficient (Wildman–Crippen LogP) is 1.89. The first-order valence-corrected chi connectivity index (χ1v) is 5.52. The van der Waals surface area contributed by atoms with E-state index in [4.69, 9.17) is 0 Å². The lowest BCUT2D eigenvalue weighted by Gasteiger charge is -2.22. The molecule has 1 atom stereocenters. The van der Waals surface area contributed by atoms with Crippen molar-refractivity contribution >= 4 is 0 Å². The van der Waals surface area contributed by atoms with Crippen LogP contribution in [0, 0.1) is 5.92 Å². The first-order chi connectivity index (χ1) is 6.43. The van der Waals surface area contributed by atoms with Gasteiger partial charge in [-0.05, 0) is 44.5 Å². The van der Waals surface area contributed by atoms with Crippen LogP contribution in [0.1, 0.15) is 32.6 Å². The van der Waals surface area contributed by atoms with Gasteiger partial charge in [0.15, 0.2) is 0 Å². The minimum Gasteiger partial charge on any atom is -0.391 e. The second-order valence-electron chi connectivity index (χ2n) is 3.81. The average molecular weight is 182 g/mol. The van der Waals surface area contributed by atoms with E-state index in [-0.39, 0.29) is 0 Å². The fourth-order valence-electron chi connectivity index (χ4n) is 1.67. The summed E-state index contributed by atoms with van der Waals surface area (Å²) in [6, 6.07) is 0. The largest absolute Gasteiger partial charge is 0.391 e. The van der Waals surface area contributed by atoms with Crippen molar-refractivity contribution in [2.24, 2.45) is 5.92 Å². The van der Waals surface area contributed by atoms with E-state index in [0.717, 1.165) is 12.5 Å². The summed E-state index contributed by atoms with van der Waals surface area (Å²) < 4.78 is 0. The Balaban J connectivity index is 1.97. The van der Waals surface area contributed by atoms with Crippen LogP contribution in [0.5, 0.6) is 0 Å². The minimum absolute atomic E-state index is 0.833. The van der Waals surface area contributed by atoms with Crippen molar-refractivity contribution in [3.63, 3.8) is 0 Å². The number of allylic oxidation sites excluding steroid dienone is 1. The van der Waals surface area contributed by atoms with Crippen LogP contribution >= 0.6 is 0 Å². The number of rotatable bonds is 5. The summed E-state index contributed by atoms with van der Waals surface area (Å²) in [5, 5.41) is 6.79. The molecule has 0 unspecified atom stereocenters. The van der Waals surface area contributed by atoms with E-state index < -0.39 is 0 Å². The Kier molecular flexibility index (Phi) is 5.66. The Labute approximate surface area is 81.8 Å². The lowest BCUT2D eigenvalue weighted by molar-refractivity contribution is 0.372. The maximum Gasteiger partial charge on any atom is 0.0181 e. The zero-order chi connectivity index (χ0) is 9.36. The molecule has 0 aromatic rings. The molecule has 1 fully saturated rings. The topological polar surface area (TPSA) is 24.1 Å². The van der Waals surface area contributed by atoms with Crippen molar-refractivity contribution in [2.75, 3.05) is 19.6 Å². The van der Waals surface area contributed by atoms with Crippen LogP contribution in [-0.2, 0) is 0 Å². The Hall–Kier alpha value is -0.500. The van der Waals surface area contributed by atoms with Crippen LogP contribution < -0.4 is 10.6 Å². The van der Waals surface area contributed by atoms with Crippen molar-refractivity contribution in [3.8, 4) is 0 Å². The molecule has 2 N–H and O–H groups in total. The predicted molar refractivity (Wildman–Crippen MR) is 57.6 cm³/mol. The van der Waals surface area contributed by atoms with Crippen molar-refractivity contribution in [2.45, 2.75) is 32.6 Å². The molecule has 1 heterocycles. The third kappa shape index (κ3) is 4.94. The molecule has 2 nitrogen and oxygen atoms in total. The highest BCUT2D eigenvalue weighted by atomic mass is 14.9. The molecule has 0 saturated carbocycles. The van der Waals surface area contributed by atoms with E-state index >= 15 is 0 Å². The molecular formula is C11H22N2. The number of nitrogens with one attached hydrogen (secondary N) is 2. The van der Waals surface area contributed by atoms with Gasteiger partial charge in [0, 0.05) is 6.54 Å². The maximum absolute atomic E-state index is 3.42. The first-order valence-electron chi connectivity index (χ1n) is 5.52. The van der Waals surface area contributed by atoms with Crippen molar-refractivity contribution < 1.29 is 0 Å². The second-order valence-corrected chi connectivity index (χ2v) is 3.81. The molecule has 0 aromatic carbocycles. The number of hydrogen-bond donors (Lipinski definition) is 2. The van der Waals surface area contributed by atoms with E-state index in [1.54, 1.807) is 0 Å². The van der Waals surface area contributed by atoms with Crippen molar-refractivity contribution in [1.82, 2.24) is 10.6 Å². The highest BCUT2D eigenvalue weighted by Gasteiger charge is 2.10. The van der Waals surface area contributed by atoms with Gasteiger partial charge in [-0.3, -0.25) is 0 Å². The lowest BCUT2D eigenvalue weighted by Crippen LogP contribution is -2.34. The molecule has 2 heteroatoms. The molecule has 0 radical (unpaired) electrons. The van der Waals surface area contributed by atoms with Gasteiger partial charge in [-0.2, -0.15) is 0 Å². The summed E-state index contributed by atoms with van der Waals surface area (Å²) in [7, 11) is 0. The van der Waals surface area contributed by atoms with Crippen LogP contribution in [0.15, 0.2) is 12.3 Å². The Morgan fingerprint density at radius 1 is 1.54 bits per heavy atom. The Morgan fingerprint density at radius 3 is 3.15 bits per heavy atom. The molecule has 0 aromatic heterocycles. The highest BCUT2D eigenvalue weighted by molar-refractivity contribution is 4.81. The molecule has 76 valence electrons. The van der Waals surface area contributed by atoms with Gasteiger partial charge < -0.3 is 10.6 Å². The van der Waals surface area contributed by atoms with Gasteiger partial charge in [0.1, 0.15) is 0 Å². The number of hydrogen-bond acceptors (Lipinski definition) is 2. The third-order valence-electron chi connectivity index (χ3n) is 2.50. The quantitative estimate of drug-likeness (QED) is 0.678. The van der Waals surface area contributed by atoms with E-state index in [9.17, 15) is 0 Å². The van der Waals surface area contributed by atoms with Gasteiger partial charge in [-0.25, -0.2) is 0 Å². The van der Waals surface area contributed by atoms with Crippen molar-refractivity contribution in [1.29, 1.82) is 0 Å². The van der Waals surface area contributed by atoms with E-state index in [2.05, 4.69) is 29.8 Å². The molecule has 13 heavy (non-hydrogen) atoms. The van der Waals surface area contributed by atoms with E-state index in [0.29, 0.717) is 0 Å². The zero-order valence-corrected chi connectivity index (χ0v) is 8.68. The normalized spacial score (nSPS) is 23.6. The summed E-state index contributed by atoms with van der Waals surface area (Å²) >= 11 is 0. The molecule has 0 aliphatic carbocycles. The smallest absolute Gasteiger partial charge is 0.0181 e.